The van der Waals surface area contributed by atoms with Crippen LogP contribution in [0, 0.1) is 0 Å². The van der Waals surface area contributed by atoms with Gasteiger partial charge in [-0.15, -0.1) is 0 Å². The van der Waals surface area contributed by atoms with Crippen molar-refractivity contribution in [2.24, 2.45) is 0 Å². The second-order valence-corrected chi connectivity index (χ2v) is 3.95. The Balaban J connectivity index is 2.09. The van der Waals surface area contributed by atoms with Crippen molar-refractivity contribution < 1.29 is 9.21 Å². The summed E-state index contributed by atoms with van der Waals surface area (Å²) in [6, 6.07) is 11.2. The highest BCUT2D eigenvalue weighted by molar-refractivity contribution is 6.20. The number of furan rings is 1. The summed E-state index contributed by atoms with van der Waals surface area (Å²) in [5.41, 5.74) is 2.32. The minimum absolute atomic E-state index is 0.0412. The third-order valence-electron chi connectivity index (χ3n) is 2.93. The summed E-state index contributed by atoms with van der Waals surface area (Å²) in [5.74, 6) is 0.729. The van der Waals surface area contributed by atoms with Gasteiger partial charge in [0, 0.05) is 18.7 Å². The van der Waals surface area contributed by atoms with E-state index in [1.165, 1.54) is 0 Å². The summed E-state index contributed by atoms with van der Waals surface area (Å²) in [6.45, 7) is 0. The number of hydrogen-bond donors (Lipinski definition) is 0. The topological polar surface area (TPSA) is 33.5 Å². The molecule has 0 bridgehead atoms. The van der Waals surface area contributed by atoms with Crippen LogP contribution in [-0.2, 0) is 0 Å². The first-order valence-electron chi connectivity index (χ1n) is 5.40. The number of anilines is 1. The fraction of sp³-hybridized carbons (Fsp3) is 0.0714. The molecule has 0 saturated carbocycles. The molecule has 1 aromatic heterocycles. The van der Waals surface area contributed by atoms with Gasteiger partial charge in [-0.2, -0.15) is 0 Å². The summed E-state index contributed by atoms with van der Waals surface area (Å²) in [4.78, 5) is 14.1. The standard InChI is InChI=1S/C14H11NO2/c1-15-12-7-3-2-6-11(12)14(16)13(15)9-10-5-4-8-17-10/h2-9H,1H3/b13-9-. The first-order chi connectivity index (χ1) is 8.27. The first kappa shape index (κ1) is 9.90. The number of Topliss-reactive ketones (excluding diaryl/α,β-unsaturated/α-hetero) is 1. The van der Waals surface area contributed by atoms with E-state index in [-0.39, 0.29) is 5.78 Å². The molecule has 3 rings (SSSR count). The van der Waals surface area contributed by atoms with Crippen LogP contribution in [0.25, 0.3) is 6.08 Å². The van der Waals surface area contributed by atoms with Crippen molar-refractivity contribution in [3.8, 4) is 0 Å². The minimum Gasteiger partial charge on any atom is -0.465 e. The summed E-state index contributed by atoms with van der Waals surface area (Å²) in [5, 5.41) is 0. The molecule has 3 nitrogen and oxygen atoms in total. The van der Waals surface area contributed by atoms with Gasteiger partial charge in [0.2, 0.25) is 5.78 Å². The van der Waals surface area contributed by atoms with E-state index in [1.807, 2.05) is 42.3 Å². The van der Waals surface area contributed by atoms with Gasteiger partial charge in [0.15, 0.2) is 0 Å². The predicted octanol–water partition coefficient (Wildman–Crippen LogP) is 2.95. The number of hydrogen-bond acceptors (Lipinski definition) is 3. The molecule has 0 fully saturated rings. The Morgan fingerprint density at radius 1 is 1.18 bits per heavy atom. The van der Waals surface area contributed by atoms with Crippen LogP contribution in [0.4, 0.5) is 5.69 Å². The molecule has 1 aliphatic rings. The SMILES string of the molecule is CN1/C(=C\c2ccco2)C(=O)c2ccccc21. The number of para-hydroxylation sites is 1. The highest BCUT2D eigenvalue weighted by Gasteiger charge is 2.29. The Morgan fingerprint density at radius 3 is 2.71 bits per heavy atom. The molecule has 2 heterocycles. The largest absolute Gasteiger partial charge is 0.465 e. The number of rotatable bonds is 1. The molecule has 0 N–H and O–H groups in total. The summed E-state index contributed by atoms with van der Waals surface area (Å²) < 4.78 is 5.24. The van der Waals surface area contributed by atoms with E-state index in [0.29, 0.717) is 11.5 Å². The summed E-state index contributed by atoms with van der Waals surface area (Å²) >= 11 is 0. The zero-order chi connectivity index (χ0) is 11.8. The molecular weight excluding hydrogens is 214 g/mol. The molecule has 0 spiro atoms. The van der Waals surface area contributed by atoms with E-state index in [4.69, 9.17) is 4.42 Å². The third kappa shape index (κ3) is 1.47. The predicted molar refractivity (Wildman–Crippen MR) is 65.9 cm³/mol. The normalized spacial score (nSPS) is 16.6. The molecule has 0 radical (unpaired) electrons. The molecule has 1 aromatic carbocycles. The first-order valence-corrected chi connectivity index (χ1v) is 5.40. The van der Waals surface area contributed by atoms with Crippen molar-refractivity contribution >= 4 is 17.5 Å². The van der Waals surface area contributed by atoms with Gasteiger partial charge in [0.1, 0.15) is 5.76 Å². The van der Waals surface area contributed by atoms with Gasteiger partial charge in [-0.05, 0) is 24.3 Å². The number of carbonyl (C=O) groups excluding carboxylic acids is 1. The molecule has 84 valence electrons. The van der Waals surface area contributed by atoms with Gasteiger partial charge >= 0.3 is 0 Å². The van der Waals surface area contributed by atoms with Crippen LogP contribution in [0.2, 0.25) is 0 Å². The van der Waals surface area contributed by atoms with Gasteiger partial charge in [-0.3, -0.25) is 4.79 Å². The second-order valence-electron chi connectivity index (χ2n) is 3.95. The smallest absolute Gasteiger partial charge is 0.211 e. The number of fused-ring (bicyclic) bond motifs is 1. The summed E-state index contributed by atoms with van der Waals surface area (Å²) in [6.07, 6.45) is 3.36. The average molecular weight is 225 g/mol. The van der Waals surface area contributed by atoms with Crippen molar-refractivity contribution in [2.75, 3.05) is 11.9 Å². The van der Waals surface area contributed by atoms with Gasteiger partial charge in [-0.25, -0.2) is 0 Å². The molecule has 0 atom stereocenters. The van der Waals surface area contributed by atoms with E-state index in [9.17, 15) is 4.79 Å². The van der Waals surface area contributed by atoms with Crippen molar-refractivity contribution in [1.29, 1.82) is 0 Å². The van der Waals surface area contributed by atoms with E-state index in [0.717, 1.165) is 11.3 Å². The van der Waals surface area contributed by atoms with Gasteiger partial charge in [0.05, 0.1) is 17.6 Å². The van der Waals surface area contributed by atoms with Crippen molar-refractivity contribution in [3.05, 3.63) is 59.7 Å². The molecule has 2 aromatic rings. The molecule has 17 heavy (non-hydrogen) atoms. The van der Waals surface area contributed by atoms with Gasteiger partial charge in [0.25, 0.3) is 0 Å². The van der Waals surface area contributed by atoms with Gasteiger partial charge < -0.3 is 9.32 Å². The van der Waals surface area contributed by atoms with Crippen LogP contribution >= 0.6 is 0 Å². The highest BCUT2D eigenvalue weighted by atomic mass is 16.3. The lowest BCUT2D eigenvalue weighted by Gasteiger charge is -2.12. The molecule has 0 aliphatic carbocycles. The van der Waals surface area contributed by atoms with E-state index < -0.39 is 0 Å². The molecule has 0 unspecified atom stereocenters. The van der Waals surface area contributed by atoms with Crippen LogP contribution in [-0.4, -0.2) is 12.8 Å². The highest BCUT2D eigenvalue weighted by Crippen LogP contribution is 2.33. The fourth-order valence-corrected chi connectivity index (χ4v) is 2.05. The second kappa shape index (κ2) is 3.63. The maximum absolute atomic E-state index is 12.2. The lowest BCUT2D eigenvalue weighted by atomic mass is 10.1. The molecule has 1 aliphatic heterocycles. The Morgan fingerprint density at radius 2 is 2.00 bits per heavy atom. The maximum Gasteiger partial charge on any atom is 0.211 e. The molecule has 3 heteroatoms. The monoisotopic (exact) mass is 225 g/mol. The maximum atomic E-state index is 12.2. The summed E-state index contributed by atoms with van der Waals surface area (Å²) in [7, 11) is 1.89. The van der Waals surface area contributed by atoms with Crippen LogP contribution in [0.1, 0.15) is 16.1 Å². The number of allylic oxidation sites excluding steroid dienone is 1. The Kier molecular flexibility index (Phi) is 2.11. The van der Waals surface area contributed by atoms with Crippen LogP contribution in [0.5, 0.6) is 0 Å². The number of ketones is 1. The zero-order valence-corrected chi connectivity index (χ0v) is 9.38. The van der Waals surface area contributed by atoms with Crippen LogP contribution < -0.4 is 4.90 Å². The van der Waals surface area contributed by atoms with E-state index in [2.05, 4.69) is 0 Å². The lowest BCUT2D eigenvalue weighted by molar-refractivity contribution is 0.104. The number of benzene rings is 1. The number of nitrogens with zero attached hydrogens (tertiary/aromatic N) is 1. The van der Waals surface area contributed by atoms with E-state index in [1.54, 1.807) is 18.4 Å². The third-order valence-corrected chi connectivity index (χ3v) is 2.93. The van der Waals surface area contributed by atoms with Gasteiger partial charge in [-0.1, -0.05) is 12.1 Å². The lowest BCUT2D eigenvalue weighted by Crippen LogP contribution is -2.13. The quantitative estimate of drug-likeness (QED) is 0.699. The van der Waals surface area contributed by atoms with Crippen molar-refractivity contribution in [3.63, 3.8) is 0 Å². The van der Waals surface area contributed by atoms with Crippen molar-refractivity contribution in [1.82, 2.24) is 0 Å². The van der Waals surface area contributed by atoms with Crippen LogP contribution in [0.3, 0.4) is 0 Å². The molecule has 0 saturated heterocycles. The van der Waals surface area contributed by atoms with Crippen LogP contribution in [0.15, 0.2) is 52.8 Å². The Hall–Kier alpha value is -2.29. The molecular formula is C14H11NO2. The molecule has 0 amide bonds. The Labute approximate surface area is 99.0 Å². The minimum atomic E-state index is 0.0412. The Bertz CT molecular complexity index is 596. The zero-order valence-electron chi connectivity index (χ0n) is 9.38. The van der Waals surface area contributed by atoms with Crippen molar-refractivity contribution in [2.45, 2.75) is 0 Å². The number of carbonyl (C=O) groups is 1. The number of likely N-dealkylation sites (N-methyl/N-ethyl adjacent to an activating group) is 1. The average Bonchev–Trinajstić information content (AvgIpc) is 2.94. The van der Waals surface area contributed by atoms with E-state index >= 15 is 0 Å². The fourth-order valence-electron chi connectivity index (χ4n) is 2.05.